The van der Waals surface area contributed by atoms with E-state index in [0.717, 1.165) is 16.6 Å². The number of aromatic nitrogens is 2. The minimum Gasteiger partial charge on any atom is -0.458 e. The average Bonchev–Trinajstić information content (AvgIpc) is 3.01. The van der Waals surface area contributed by atoms with Crippen molar-refractivity contribution in [3.63, 3.8) is 0 Å². The summed E-state index contributed by atoms with van der Waals surface area (Å²) in [5, 5.41) is 4.24. The molecule has 110 valence electrons. The molecule has 0 aliphatic rings. The summed E-state index contributed by atoms with van der Waals surface area (Å²) in [4.78, 5) is 19.4. The van der Waals surface area contributed by atoms with Gasteiger partial charge in [0, 0.05) is 29.0 Å². The van der Waals surface area contributed by atoms with Crippen molar-refractivity contribution in [3.05, 3.63) is 67.0 Å². The van der Waals surface area contributed by atoms with Gasteiger partial charge in [-0.15, -0.1) is 0 Å². The van der Waals surface area contributed by atoms with Gasteiger partial charge in [0.25, 0.3) is 0 Å². The molecule has 5 nitrogen and oxygen atoms in total. The highest BCUT2D eigenvalue weighted by molar-refractivity contribution is 5.95. The number of carbonyl (C=O) groups is 1. The molecule has 3 aromatic rings. The van der Waals surface area contributed by atoms with Crippen molar-refractivity contribution in [1.82, 2.24) is 9.97 Å². The second-order valence-electron chi connectivity index (χ2n) is 4.69. The van der Waals surface area contributed by atoms with E-state index < -0.39 is 5.97 Å². The van der Waals surface area contributed by atoms with Crippen molar-refractivity contribution >= 4 is 28.4 Å². The zero-order valence-electron chi connectivity index (χ0n) is 11.9. The lowest BCUT2D eigenvalue weighted by atomic mass is 10.2. The third-order valence-electron chi connectivity index (χ3n) is 3.18. The lowest BCUT2D eigenvalue weighted by molar-refractivity contribution is 0.0550. The number of carbonyl (C=O) groups excluding carboxylic acids is 1. The van der Waals surface area contributed by atoms with E-state index in [1.165, 1.54) is 6.08 Å². The van der Waals surface area contributed by atoms with E-state index in [9.17, 15) is 4.79 Å². The molecule has 0 radical (unpaired) electrons. The Labute approximate surface area is 127 Å². The Kier molecular flexibility index (Phi) is 3.87. The van der Waals surface area contributed by atoms with E-state index in [-0.39, 0.29) is 6.61 Å². The molecule has 0 saturated carbocycles. The van der Waals surface area contributed by atoms with Gasteiger partial charge in [-0.1, -0.05) is 12.7 Å². The molecule has 0 amide bonds. The van der Waals surface area contributed by atoms with Crippen LogP contribution in [-0.4, -0.2) is 22.5 Å². The minimum absolute atomic E-state index is 0.169. The third kappa shape index (κ3) is 2.83. The van der Waals surface area contributed by atoms with E-state index in [4.69, 9.17) is 4.74 Å². The maximum Gasteiger partial charge on any atom is 0.342 e. The Morgan fingerprint density at radius 3 is 3.14 bits per heavy atom. The predicted octanol–water partition coefficient (Wildman–Crippen LogP) is 3.65. The summed E-state index contributed by atoms with van der Waals surface area (Å²) >= 11 is 0. The van der Waals surface area contributed by atoms with Gasteiger partial charge in [0.1, 0.15) is 18.0 Å². The first-order valence-corrected chi connectivity index (χ1v) is 6.85. The molecule has 0 unspecified atom stereocenters. The van der Waals surface area contributed by atoms with Crippen LogP contribution in [0.5, 0.6) is 0 Å². The number of fused-ring (bicyclic) bond motifs is 1. The van der Waals surface area contributed by atoms with Gasteiger partial charge in [-0.05, 0) is 36.4 Å². The predicted molar refractivity (Wildman–Crippen MR) is 86.3 cm³/mol. The van der Waals surface area contributed by atoms with Gasteiger partial charge in [-0.25, -0.2) is 9.78 Å². The maximum absolute atomic E-state index is 12.0. The molecule has 0 atom stereocenters. The Morgan fingerprint density at radius 2 is 2.27 bits per heavy atom. The summed E-state index contributed by atoms with van der Waals surface area (Å²) in [5.41, 5.74) is 2.29. The maximum atomic E-state index is 12.0. The summed E-state index contributed by atoms with van der Waals surface area (Å²) in [6.07, 6.45) is 5.04. The van der Waals surface area contributed by atoms with Crippen molar-refractivity contribution in [1.29, 1.82) is 0 Å². The molecule has 2 aromatic heterocycles. The number of benzene rings is 1. The minimum atomic E-state index is -0.432. The van der Waals surface area contributed by atoms with Crippen molar-refractivity contribution in [2.24, 2.45) is 0 Å². The number of nitrogens with zero attached hydrogens (tertiary/aromatic N) is 1. The number of nitrogens with one attached hydrogen (secondary N) is 2. The number of hydrogen-bond acceptors (Lipinski definition) is 4. The van der Waals surface area contributed by atoms with Crippen LogP contribution in [0.15, 0.2) is 61.4 Å². The molecule has 0 spiro atoms. The number of hydrogen-bond donors (Lipinski definition) is 2. The average molecular weight is 293 g/mol. The fraction of sp³-hybridized carbons (Fsp3) is 0.0588. The van der Waals surface area contributed by atoms with Gasteiger partial charge in [0.2, 0.25) is 0 Å². The summed E-state index contributed by atoms with van der Waals surface area (Å²) in [6.45, 7) is 3.70. The third-order valence-corrected chi connectivity index (χ3v) is 3.18. The first kappa shape index (κ1) is 13.9. The Balaban J connectivity index is 1.88. The second-order valence-corrected chi connectivity index (χ2v) is 4.69. The van der Waals surface area contributed by atoms with Gasteiger partial charge in [-0.3, -0.25) is 0 Å². The van der Waals surface area contributed by atoms with E-state index in [1.807, 2.05) is 30.5 Å². The first-order valence-electron chi connectivity index (χ1n) is 6.85. The van der Waals surface area contributed by atoms with Gasteiger partial charge in [-0.2, -0.15) is 0 Å². The molecule has 2 N–H and O–H groups in total. The molecular formula is C17H15N3O2. The monoisotopic (exact) mass is 293 g/mol. The van der Waals surface area contributed by atoms with Gasteiger partial charge < -0.3 is 15.0 Å². The molecule has 5 heteroatoms. The Hall–Kier alpha value is -3.08. The molecule has 0 bridgehead atoms. The number of pyridine rings is 1. The highest BCUT2D eigenvalue weighted by Gasteiger charge is 2.13. The summed E-state index contributed by atoms with van der Waals surface area (Å²) in [6, 6.07) is 11.2. The lowest BCUT2D eigenvalue weighted by Crippen LogP contribution is -2.09. The topological polar surface area (TPSA) is 67.0 Å². The van der Waals surface area contributed by atoms with Gasteiger partial charge >= 0.3 is 5.97 Å². The molecule has 1 aromatic carbocycles. The summed E-state index contributed by atoms with van der Waals surface area (Å²) < 4.78 is 5.07. The van der Waals surface area contributed by atoms with Crippen molar-refractivity contribution in [3.8, 4) is 0 Å². The van der Waals surface area contributed by atoms with E-state index >= 15 is 0 Å². The quantitative estimate of drug-likeness (QED) is 0.556. The molecule has 0 saturated heterocycles. The molecule has 2 heterocycles. The van der Waals surface area contributed by atoms with Crippen LogP contribution in [0, 0.1) is 0 Å². The van der Waals surface area contributed by atoms with Crippen LogP contribution < -0.4 is 5.32 Å². The number of H-pyrrole nitrogens is 1. The molecule has 0 aliphatic carbocycles. The largest absolute Gasteiger partial charge is 0.458 e. The number of anilines is 2. The van der Waals surface area contributed by atoms with Gasteiger partial charge in [0.05, 0.1) is 0 Å². The normalized spacial score (nSPS) is 10.4. The molecule has 22 heavy (non-hydrogen) atoms. The van der Waals surface area contributed by atoms with E-state index in [1.54, 1.807) is 18.3 Å². The SMILES string of the molecule is C=CCOC(=O)c1cccnc1Nc1ccc2[nH]ccc2c1. The van der Waals surface area contributed by atoms with Crippen LogP contribution in [0.4, 0.5) is 11.5 Å². The zero-order valence-corrected chi connectivity index (χ0v) is 11.9. The molecular weight excluding hydrogens is 278 g/mol. The van der Waals surface area contributed by atoms with Crippen molar-refractivity contribution in [2.45, 2.75) is 0 Å². The van der Waals surface area contributed by atoms with Crippen LogP contribution in [0.3, 0.4) is 0 Å². The van der Waals surface area contributed by atoms with E-state index in [0.29, 0.717) is 11.4 Å². The fourth-order valence-electron chi connectivity index (χ4n) is 2.15. The smallest absolute Gasteiger partial charge is 0.342 e. The van der Waals surface area contributed by atoms with Crippen molar-refractivity contribution in [2.75, 3.05) is 11.9 Å². The van der Waals surface area contributed by atoms with Crippen LogP contribution >= 0.6 is 0 Å². The Bertz CT molecular complexity index is 823. The summed E-state index contributed by atoms with van der Waals surface area (Å²) in [7, 11) is 0. The number of ether oxygens (including phenoxy) is 1. The number of aromatic amines is 1. The molecule has 0 aliphatic heterocycles. The fourth-order valence-corrected chi connectivity index (χ4v) is 2.15. The first-order chi connectivity index (χ1) is 10.8. The molecule has 0 fully saturated rings. The number of rotatable bonds is 5. The van der Waals surface area contributed by atoms with Crippen LogP contribution in [-0.2, 0) is 4.74 Å². The molecule has 3 rings (SSSR count). The summed E-state index contributed by atoms with van der Waals surface area (Å²) in [5.74, 6) is 0.0321. The zero-order chi connectivity index (χ0) is 15.4. The lowest BCUT2D eigenvalue weighted by Gasteiger charge is -2.10. The van der Waals surface area contributed by atoms with Crippen LogP contribution in [0.2, 0.25) is 0 Å². The number of esters is 1. The van der Waals surface area contributed by atoms with Crippen LogP contribution in [0.25, 0.3) is 10.9 Å². The highest BCUT2D eigenvalue weighted by atomic mass is 16.5. The van der Waals surface area contributed by atoms with E-state index in [2.05, 4.69) is 21.9 Å². The Morgan fingerprint density at radius 1 is 1.36 bits per heavy atom. The van der Waals surface area contributed by atoms with Gasteiger partial charge in [0.15, 0.2) is 0 Å². The van der Waals surface area contributed by atoms with Crippen LogP contribution in [0.1, 0.15) is 10.4 Å². The standard InChI is InChI=1S/C17H15N3O2/c1-2-10-22-17(21)14-4-3-8-19-16(14)20-13-5-6-15-12(11-13)7-9-18-15/h2-9,11,18H,1,10H2,(H,19,20). The van der Waals surface area contributed by atoms with Crippen molar-refractivity contribution < 1.29 is 9.53 Å². The second kappa shape index (κ2) is 6.13. The highest BCUT2D eigenvalue weighted by Crippen LogP contribution is 2.23.